The molecule has 10 heteroatoms. The number of methoxy groups -OCH3 is 1. The number of halogens is 1. The van der Waals surface area contributed by atoms with Crippen molar-refractivity contribution in [2.45, 2.75) is 18.4 Å². The van der Waals surface area contributed by atoms with Crippen molar-refractivity contribution < 1.29 is 22.1 Å². The molecule has 0 aliphatic carbocycles. The van der Waals surface area contributed by atoms with Crippen molar-refractivity contribution in [3.05, 3.63) is 29.7 Å². The van der Waals surface area contributed by atoms with Crippen LogP contribution >= 0.6 is 0 Å². The Morgan fingerprint density at radius 1 is 1.48 bits per heavy atom. The molecule has 2 aromatic rings. The highest BCUT2D eigenvalue weighted by atomic mass is 32.2. The second-order valence-electron chi connectivity index (χ2n) is 4.09. The summed E-state index contributed by atoms with van der Waals surface area (Å²) in [5, 5.41) is 3.52. The molecular weight excluding hydrogens is 303 g/mol. The molecule has 0 aliphatic heterocycles. The maximum absolute atomic E-state index is 13.7. The largest absolute Gasteiger partial charge is 0.492 e. The first-order valence-corrected chi connectivity index (χ1v) is 7.23. The number of hydrogen-bond donors (Lipinski definition) is 2. The molecule has 3 N–H and O–H groups in total. The Balaban J connectivity index is 2.23. The average molecular weight is 316 g/mol. The van der Waals surface area contributed by atoms with Gasteiger partial charge in [0.15, 0.2) is 17.4 Å². The van der Waals surface area contributed by atoms with Crippen molar-refractivity contribution in [3.63, 3.8) is 0 Å². The lowest BCUT2D eigenvalue weighted by Gasteiger charge is -2.09. The topological polar surface area (TPSA) is 120 Å². The van der Waals surface area contributed by atoms with E-state index in [1.165, 1.54) is 7.11 Å². The van der Waals surface area contributed by atoms with Crippen LogP contribution in [0.4, 0.5) is 10.1 Å². The molecule has 0 saturated heterocycles. The minimum absolute atomic E-state index is 0.0954. The van der Waals surface area contributed by atoms with E-state index in [2.05, 4.69) is 14.9 Å². The molecule has 114 valence electrons. The van der Waals surface area contributed by atoms with Gasteiger partial charge in [0.2, 0.25) is 15.9 Å². The predicted octanol–water partition coefficient (Wildman–Crippen LogP) is 0.586. The van der Waals surface area contributed by atoms with Crippen molar-refractivity contribution in [1.29, 1.82) is 0 Å². The molecule has 8 nitrogen and oxygen atoms in total. The van der Waals surface area contributed by atoms with E-state index < -0.39 is 15.8 Å². The van der Waals surface area contributed by atoms with Gasteiger partial charge in [-0.2, -0.15) is 4.98 Å². The van der Waals surface area contributed by atoms with Crippen LogP contribution in [0, 0.1) is 12.7 Å². The van der Waals surface area contributed by atoms with Crippen LogP contribution in [0.3, 0.4) is 0 Å². The SMILES string of the molecule is COc1c(N)cc(S(=O)(=O)NCc2nc(C)no2)cc1F. The maximum atomic E-state index is 13.7. The number of benzene rings is 1. The molecule has 0 radical (unpaired) electrons. The zero-order valence-electron chi connectivity index (χ0n) is 11.3. The quantitative estimate of drug-likeness (QED) is 0.774. The Bertz CT molecular complexity index is 736. The van der Waals surface area contributed by atoms with E-state index >= 15 is 0 Å². The molecule has 0 spiro atoms. The highest BCUT2D eigenvalue weighted by Gasteiger charge is 2.20. The van der Waals surface area contributed by atoms with Gasteiger partial charge in [-0.25, -0.2) is 17.5 Å². The van der Waals surface area contributed by atoms with E-state index in [-0.39, 0.29) is 28.8 Å². The number of anilines is 1. The summed E-state index contributed by atoms with van der Waals surface area (Å²) < 4.78 is 49.5. The Morgan fingerprint density at radius 2 is 2.19 bits per heavy atom. The van der Waals surface area contributed by atoms with Gasteiger partial charge in [0, 0.05) is 0 Å². The van der Waals surface area contributed by atoms with Gasteiger partial charge in [0.1, 0.15) is 0 Å². The zero-order chi connectivity index (χ0) is 15.6. The minimum atomic E-state index is -3.97. The summed E-state index contributed by atoms with van der Waals surface area (Å²) in [5.41, 5.74) is 5.42. The molecule has 0 atom stereocenters. The zero-order valence-corrected chi connectivity index (χ0v) is 12.1. The number of aromatic nitrogens is 2. The van der Waals surface area contributed by atoms with E-state index in [1.807, 2.05) is 0 Å². The number of sulfonamides is 1. The predicted molar refractivity (Wildman–Crippen MR) is 70.4 cm³/mol. The van der Waals surface area contributed by atoms with E-state index in [1.54, 1.807) is 6.92 Å². The monoisotopic (exact) mass is 316 g/mol. The van der Waals surface area contributed by atoms with Crippen LogP contribution in [0.25, 0.3) is 0 Å². The average Bonchev–Trinajstić information content (AvgIpc) is 2.82. The first-order valence-electron chi connectivity index (χ1n) is 5.75. The Hall–Kier alpha value is -2.20. The summed E-state index contributed by atoms with van der Waals surface area (Å²) in [6, 6.07) is 1.92. The maximum Gasteiger partial charge on any atom is 0.241 e. The molecule has 0 fully saturated rings. The van der Waals surface area contributed by atoms with Crippen LogP contribution in [0.15, 0.2) is 21.6 Å². The second kappa shape index (κ2) is 5.66. The highest BCUT2D eigenvalue weighted by Crippen LogP contribution is 2.28. The summed E-state index contributed by atoms with van der Waals surface area (Å²) in [7, 11) is -2.74. The normalized spacial score (nSPS) is 11.6. The number of aryl methyl sites for hydroxylation is 1. The third-order valence-corrected chi connectivity index (χ3v) is 3.92. The summed E-state index contributed by atoms with van der Waals surface area (Å²) in [6.07, 6.45) is 0. The van der Waals surface area contributed by atoms with Crippen molar-refractivity contribution in [1.82, 2.24) is 14.9 Å². The van der Waals surface area contributed by atoms with Gasteiger partial charge in [-0.3, -0.25) is 0 Å². The van der Waals surface area contributed by atoms with Gasteiger partial charge in [-0.1, -0.05) is 5.16 Å². The number of ether oxygens (including phenoxy) is 1. The highest BCUT2D eigenvalue weighted by molar-refractivity contribution is 7.89. The van der Waals surface area contributed by atoms with Crippen LogP contribution in [0.2, 0.25) is 0 Å². The van der Waals surface area contributed by atoms with Crippen molar-refractivity contribution in [2.24, 2.45) is 0 Å². The molecule has 0 saturated carbocycles. The summed E-state index contributed by atoms with van der Waals surface area (Å²) >= 11 is 0. The molecule has 0 bridgehead atoms. The standard InChI is InChI=1S/C11H13FN4O4S/c1-6-15-10(20-16-6)5-14-21(17,18)7-3-8(12)11(19-2)9(13)4-7/h3-4,14H,5,13H2,1-2H3. The lowest BCUT2D eigenvalue weighted by Crippen LogP contribution is -2.23. The first kappa shape index (κ1) is 15.2. The summed E-state index contributed by atoms with van der Waals surface area (Å²) in [4.78, 5) is 3.52. The molecule has 1 aromatic heterocycles. The van der Waals surface area contributed by atoms with Crippen LogP contribution in [-0.4, -0.2) is 25.7 Å². The number of rotatable bonds is 5. The van der Waals surface area contributed by atoms with Gasteiger partial charge >= 0.3 is 0 Å². The molecule has 2 rings (SSSR count). The van der Waals surface area contributed by atoms with Gasteiger partial charge in [0.05, 0.1) is 24.2 Å². The van der Waals surface area contributed by atoms with Crippen molar-refractivity contribution in [2.75, 3.05) is 12.8 Å². The van der Waals surface area contributed by atoms with Crippen molar-refractivity contribution in [3.8, 4) is 5.75 Å². The Morgan fingerprint density at radius 3 is 2.71 bits per heavy atom. The van der Waals surface area contributed by atoms with E-state index in [4.69, 9.17) is 15.0 Å². The number of nitrogens with one attached hydrogen (secondary N) is 1. The van der Waals surface area contributed by atoms with Gasteiger partial charge < -0.3 is 15.0 Å². The molecule has 0 amide bonds. The molecular formula is C11H13FN4O4S. The lowest BCUT2D eigenvalue weighted by molar-refractivity contribution is 0.372. The van der Waals surface area contributed by atoms with Crippen LogP contribution < -0.4 is 15.2 Å². The van der Waals surface area contributed by atoms with Crippen LogP contribution in [-0.2, 0) is 16.6 Å². The fourth-order valence-electron chi connectivity index (χ4n) is 1.61. The number of hydrogen-bond acceptors (Lipinski definition) is 7. The number of nitrogens with two attached hydrogens (primary N) is 1. The fraction of sp³-hybridized carbons (Fsp3) is 0.273. The fourth-order valence-corrected chi connectivity index (χ4v) is 2.63. The summed E-state index contributed by atoms with van der Waals surface area (Å²) in [5.74, 6) is -0.602. The molecule has 0 unspecified atom stereocenters. The first-order chi connectivity index (χ1) is 9.83. The molecule has 21 heavy (non-hydrogen) atoms. The Labute approximate surface area is 120 Å². The number of nitrogens with zero attached hydrogens (tertiary/aromatic N) is 2. The summed E-state index contributed by atoms with van der Waals surface area (Å²) in [6.45, 7) is 1.39. The van der Waals surface area contributed by atoms with Gasteiger partial charge in [0.25, 0.3) is 0 Å². The van der Waals surface area contributed by atoms with E-state index in [9.17, 15) is 12.8 Å². The third kappa shape index (κ3) is 3.28. The second-order valence-corrected chi connectivity index (χ2v) is 5.85. The van der Waals surface area contributed by atoms with Gasteiger partial charge in [-0.15, -0.1) is 0 Å². The van der Waals surface area contributed by atoms with E-state index in [0.717, 1.165) is 12.1 Å². The third-order valence-electron chi connectivity index (χ3n) is 2.54. The minimum Gasteiger partial charge on any atom is -0.492 e. The number of nitrogen functional groups attached to an aromatic ring is 1. The van der Waals surface area contributed by atoms with Gasteiger partial charge in [-0.05, 0) is 19.1 Å². The Kier molecular flexibility index (Phi) is 4.09. The van der Waals surface area contributed by atoms with Crippen LogP contribution in [0.5, 0.6) is 5.75 Å². The molecule has 1 heterocycles. The van der Waals surface area contributed by atoms with Crippen LogP contribution in [0.1, 0.15) is 11.7 Å². The smallest absolute Gasteiger partial charge is 0.241 e. The molecule has 1 aromatic carbocycles. The van der Waals surface area contributed by atoms with Crippen molar-refractivity contribution >= 4 is 15.7 Å². The lowest BCUT2D eigenvalue weighted by atomic mass is 10.3. The molecule has 0 aliphatic rings. The van der Waals surface area contributed by atoms with E-state index in [0.29, 0.717) is 5.82 Å².